The molecule has 4 heteroatoms. The standard InChI is InChI=1S/C18H23N3O/c1-15-7-10-19-18(20-15)21(13-16-5-3-2-4-6-16)14-17-8-11-22-12-9-17/h2-7,10,17H,8-9,11-14H2,1H3. The molecule has 0 atom stereocenters. The van der Waals surface area contributed by atoms with Crippen LogP contribution in [0.2, 0.25) is 0 Å². The Hall–Kier alpha value is -1.94. The molecule has 0 amide bonds. The monoisotopic (exact) mass is 297 g/mol. The normalized spacial score (nSPS) is 15.7. The largest absolute Gasteiger partial charge is 0.381 e. The van der Waals surface area contributed by atoms with Crippen LogP contribution in [0.1, 0.15) is 24.1 Å². The predicted molar refractivity (Wildman–Crippen MR) is 87.8 cm³/mol. The maximum absolute atomic E-state index is 5.47. The second-order valence-electron chi connectivity index (χ2n) is 5.92. The number of aromatic nitrogens is 2. The van der Waals surface area contributed by atoms with E-state index in [0.29, 0.717) is 5.92 Å². The van der Waals surface area contributed by atoms with Gasteiger partial charge in [0.05, 0.1) is 0 Å². The van der Waals surface area contributed by atoms with Gasteiger partial charge in [0.1, 0.15) is 0 Å². The van der Waals surface area contributed by atoms with Crippen LogP contribution < -0.4 is 4.90 Å². The Balaban J connectivity index is 1.78. The molecule has 2 heterocycles. The first kappa shape index (κ1) is 15.0. The molecule has 1 aliphatic rings. The average Bonchev–Trinajstić information content (AvgIpc) is 2.56. The zero-order chi connectivity index (χ0) is 15.2. The highest BCUT2D eigenvalue weighted by Crippen LogP contribution is 2.20. The smallest absolute Gasteiger partial charge is 0.225 e. The Kier molecular flexibility index (Phi) is 5.01. The zero-order valence-electron chi connectivity index (χ0n) is 13.1. The highest BCUT2D eigenvalue weighted by molar-refractivity contribution is 5.33. The maximum atomic E-state index is 5.47. The van der Waals surface area contributed by atoms with Gasteiger partial charge < -0.3 is 9.64 Å². The van der Waals surface area contributed by atoms with Gasteiger partial charge in [-0.25, -0.2) is 9.97 Å². The van der Waals surface area contributed by atoms with E-state index in [0.717, 1.165) is 50.8 Å². The summed E-state index contributed by atoms with van der Waals surface area (Å²) in [7, 11) is 0. The molecule has 4 nitrogen and oxygen atoms in total. The second-order valence-corrected chi connectivity index (χ2v) is 5.92. The molecule has 0 aliphatic carbocycles. The van der Waals surface area contributed by atoms with Crippen molar-refractivity contribution in [2.45, 2.75) is 26.3 Å². The maximum Gasteiger partial charge on any atom is 0.225 e. The van der Waals surface area contributed by atoms with E-state index in [-0.39, 0.29) is 0 Å². The molecule has 1 aromatic carbocycles. The van der Waals surface area contributed by atoms with E-state index in [1.165, 1.54) is 5.56 Å². The van der Waals surface area contributed by atoms with Crippen LogP contribution in [-0.2, 0) is 11.3 Å². The van der Waals surface area contributed by atoms with E-state index < -0.39 is 0 Å². The van der Waals surface area contributed by atoms with Crippen molar-refractivity contribution in [3.05, 3.63) is 53.9 Å². The Bertz CT molecular complexity index is 582. The van der Waals surface area contributed by atoms with E-state index in [2.05, 4.69) is 45.2 Å². The molecule has 0 radical (unpaired) electrons. The number of benzene rings is 1. The third kappa shape index (κ3) is 4.04. The number of hydrogen-bond acceptors (Lipinski definition) is 4. The summed E-state index contributed by atoms with van der Waals surface area (Å²) in [6, 6.07) is 12.5. The van der Waals surface area contributed by atoms with Crippen LogP contribution in [0, 0.1) is 12.8 Å². The lowest BCUT2D eigenvalue weighted by atomic mass is 9.99. The van der Waals surface area contributed by atoms with E-state index in [4.69, 9.17) is 4.74 Å². The number of hydrogen-bond donors (Lipinski definition) is 0. The fraction of sp³-hybridized carbons (Fsp3) is 0.444. The van der Waals surface area contributed by atoms with E-state index >= 15 is 0 Å². The molecule has 3 rings (SSSR count). The van der Waals surface area contributed by atoms with Gasteiger partial charge in [0.2, 0.25) is 5.95 Å². The summed E-state index contributed by atoms with van der Waals surface area (Å²) >= 11 is 0. The van der Waals surface area contributed by atoms with Crippen molar-refractivity contribution in [1.82, 2.24) is 9.97 Å². The number of ether oxygens (including phenoxy) is 1. The van der Waals surface area contributed by atoms with Crippen molar-refractivity contribution in [2.75, 3.05) is 24.7 Å². The van der Waals surface area contributed by atoms with Crippen LogP contribution in [0.5, 0.6) is 0 Å². The van der Waals surface area contributed by atoms with Crippen LogP contribution in [-0.4, -0.2) is 29.7 Å². The van der Waals surface area contributed by atoms with Crippen LogP contribution in [0.3, 0.4) is 0 Å². The molecule has 0 N–H and O–H groups in total. The van der Waals surface area contributed by atoms with Gasteiger partial charge in [0, 0.05) is 38.2 Å². The molecule has 22 heavy (non-hydrogen) atoms. The molecule has 1 aliphatic heterocycles. The first-order chi connectivity index (χ1) is 10.8. The lowest BCUT2D eigenvalue weighted by Crippen LogP contribution is -2.33. The minimum Gasteiger partial charge on any atom is -0.381 e. The van der Waals surface area contributed by atoms with Gasteiger partial charge in [-0.1, -0.05) is 30.3 Å². The molecule has 0 bridgehead atoms. The van der Waals surface area contributed by atoms with Gasteiger partial charge in [-0.3, -0.25) is 0 Å². The van der Waals surface area contributed by atoms with Crippen molar-refractivity contribution in [3.63, 3.8) is 0 Å². The van der Waals surface area contributed by atoms with Gasteiger partial charge in [0.25, 0.3) is 0 Å². The molecular weight excluding hydrogens is 274 g/mol. The van der Waals surface area contributed by atoms with Crippen LogP contribution in [0.25, 0.3) is 0 Å². The van der Waals surface area contributed by atoms with Gasteiger partial charge in [-0.2, -0.15) is 0 Å². The van der Waals surface area contributed by atoms with Crippen LogP contribution in [0.15, 0.2) is 42.6 Å². The van der Waals surface area contributed by atoms with Gasteiger partial charge in [-0.15, -0.1) is 0 Å². The molecule has 0 spiro atoms. The van der Waals surface area contributed by atoms with E-state index in [9.17, 15) is 0 Å². The molecule has 1 fully saturated rings. The molecule has 2 aromatic rings. The van der Waals surface area contributed by atoms with E-state index in [1.807, 2.05) is 19.2 Å². The minimum atomic E-state index is 0.654. The van der Waals surface area contributed by atoms with Crippen molar-refractivity contribution in [3.8, 4) is 0 Å². The molecule has 116 valence electrons. The molecule has 1 saturated heterocycles. The fourth-order valence-corrected chi connectivity index (χ4v) is 2.85. The average molecular weight is 297 g/mol. The topological polar surface area (TPSA) is 38.2 Å². The van der Waals surface area contributed by atoms with Crippen LogP contribution >= 0.6 is 0 Å². The Morgan fingerprint density at radius 3 is 2.64 bits per heavy atom. The summed E-state index contributed by atoms with van der Waals surface area (Å²) in [5, 5.41) is 0. The number of nitrogens with zero attached hydrogens (tertiary/aromatic N) is 3. The zero-order valence-corrected chi connectivity index (χ0v) is 13.1. The van der Waals surface area contributed by atoms with Crippen molar-refractivity contribution in [2.24, 2.45) is 5.92 Å². The quantitative estimate of drug-likeness (QED) is 0.849. The summed E-state index contributed by atoms with van der Waals surface area (Å²) in [4.78, 5) is 11.4. The lowest BCUT2D eigenvalue weighted by Gasteiger charge is -2.30. The van der Waals surface area contributed by atoms with Gasteiger partial charge >= 0.3 is 0 Å². The van der Waals surface area contributed by atoms with Crippen molar-refractivity contribution in [1.29, 1.82) is 0 Å². The fourth-order valence-electron chi connectivity index (χ4n) is 2.85. The summed E-state index contributed by atoms with van der Waals surface area (Å²) < 4.78 is 5.47. The third-order valence-corrected chi connectivity index (χ3v) is 4.10. The number of aryl methyl sites for hydroxylation is 1. The number of rotatable bonds is 5. The minimum absolute atomic E-state index is 0.654. The number of anilines is 1. The predicted octanol–water partition coefficient (Wildman–Crippen LogP) is 3.22. The summed E-state index contributed by atoms with van der Waals surface area (Å²) in [5.74, 6) is 1.48. The second kappa shape index (κ2) is 7.36. The first-order valence-electron chi connectivity index (χ1n) is 7.97. The van der Waals surface area contributed by atoms with Gasteiger partial charge in [0.15, 0.2) is 0 Å². The van der Waals surface area contributed by atoms with Crippen molar-refractivity contribution < 1.29 is 4.74 Å². The highest BCUT2D eigenvalue weighted by atomic mass is 16.5. The highest BCUT2D eigenvalue weighted by Gasteiger charge is 2.19. The molecular formula is C18H23N3O. The SMILES string of the molecule is Cc1ccnc(N(Cc2ccccc2)CC2CCOCC2)n1. The Morgan fingerprint density at radius 2 is 1.91 bits per heavy atom. The Morgan fingerprint density at radius 1 is 1.14 bits per heavy atom. The first-order valence-corrected chi connectivity index (χ1v) is 7.97. The summed E-state index contributed by atoms with van der Waals surface area (Å²) in [6.45, 7) is 5.60. The molecule has 1 aromatic heterocycles. The van der Waals surface area contributed by atoms with Crippen LogP contribution in [0.4, 0.5) is 5.95 Å². The molecule has 0 unspecified atom stereocenters. The van der Waals surface area contributed by atoms with Gasteiger partial charge in [-0.05, 0) is 37.3 Å². The summed E-state index contributed by atoms with van der Waals surface area (Å²) in [6.07, 6.45) is 4.09. The van der Waals surface area contributed by atoms with Crippen molar-refractivity contribution >= 4 is 5.95 Å². The third-order valence-electron chi connectivity index (χ3n) is 4.10. The van der Waals surface area contributed by atoms with E-state index in [1.54, 1.807) is 0 Å². The summed E-state index contributed by atoms with van der Waals surface area (Å²) in [5.41, 5.74) is 2.30. The molecule has 0 saturated carbocycles. The Labute approximate surface area is 132 Å². The lowest BCUT2D eigenvalue weighted by molar-refractivity contribution is 0.0680.